The van der Waals surface area contributed by atoms with Crippen LogP contribution in [0.3, 0.4) is 0 Å². The largest absolute Gasteiger partial charge is 0.348 e. The maximum atomic E-state index is 10.8. The van der Waals surface area contributed by atoms with Crippen LogP contribution >= 0.6 is 15.9 Å². The topological polar surface area (TPSA) is 42.0 Å². The molecule has 0 saturated carbocycles. The van der Waals surface area contributed by atoms with Gasteiger partial charge in [0.15, 0.2) is 0 Å². The number of pyridine rings is 1. The number of rotatable bonds is 2. The molecule has 70 valence electrons. The predicted octanol–water partition coefficient (Wildman–Crippen LogP) is 2.04. The van der Waals surface area contributed by atoms with Crippen LogP contribution in [0.1, 0.15) is 25.6 Å². The van der Waals surface area contributed by atoms with Gasteiger partial charge in [-0.05, 0) is 35.0 Å². The highest BCUT2D eigenvalue weighted by Crippen LogP contribution is 2.12. The monoisotopic (exact) mass is 242 g/mol. The molecule has 0 radical (unpaired) electrons. The lowest BCUT2D eigenvalue weighted by atomic mass is 10.2. The molecule has 1 heterocycles. The van der Waals surface area contributed by atoms with E-state index >= 15 is 0 Å². The van der Waals surface area contributed by atoms with Gasteiger partial charge in [0.1, 0.15) is 4.60 Å². The van der Waals surface area contributed by atoms with E-state index < -0.39 is 0 Å². The fourth-order valence-corrected chi connectivity index (χ4v) is 1.40. The fraction of sp³-hybridized carbons (Fsp3) is 0.333. The Hall–Kier alpha value is -0.900. The molecule has 1 aromatic rings. The lowest BCUT2D eigenvalue weighted by molar-refractivity contribution is -0.119. The maximum absolute atomic E-state index is 10.8. The van der Waals surface area contributed by atoms with E-state index in [0.717, 1.165) is 10.3 Å². The number of hydrogen-bond acceptors (Lipinski definition) is 2. The highest BCUT2D eigenvalue weighted by molar-refractivity contribution is 9.10. The van der Waals surface area contributed by atoms with Crippen molar-refractivity contribution in [3.05, 3.63) is 28.5 Å². The van der Waals surface area contributed by atoms with Gasteiger partial charge in [-0.1, -0.05) is 6.07 Å². The van der Waals surface area contributed by atoms with E-state index in [1.54, 1.807) is 0 Å². The van der Waals surface area contributed by atoms with E-state index in [1.807, 2.05) is 25.1 Å². The quantitative estimate of drug-likeness (QED) is 0.807. The second kappa shape index (κ2) is 4.37. The van der Waals surface area contributed by atoms with Crippen molar-refractivity contribution in [3.8, 4) is 0 Å². The van der Waals surface area contributed by atoms with Crippen molar-refractivity contribution < 1.29 is 4.79 Å². The standard InChI is InChI=1S/C9H11BrN2O/c1-6(11-7(2)13)8-4-3-5-9(10)12-8/h3-6H,1-2H3,(H,11,13). The van der Waals surface area contributed by atoms with Gasteiger partial charge in [0.05, 0.1) is 11.7 Å². The van der Waals surface area contributed by atoms with Crippen molar-refractivity contribution in [3.63, 3.8) is 0 Å². The molecule has 0 aromatic carbocycles. The molecule has 1 amide bonds. The zero-order valence-electron chi connectivity index (χ0n) is 7.54. The smallest absolute Gasteiger partial charge is 0.217 e. The highest BCUT2D eigenvalue weighted by atomic mass is 79.9. The number of amides is 1. The summed E-state index contributed by atoms with van der Waals surface area (Å²) in [6.07, 6.45) is 0. The zero-order chi connectivity index (χ0) is 9.84. The van der Waals surface area contributed by atoms with Crippen molar-refractivity contribution in [1.29, 1.82) is 0 Å². The van der Waals surface area contributed by atoms with Crippen molar-refractivity contribution in [2.24, 2.45) is 0 Å². The molecule has 0 aliphatic heterocycles. The summed E-state index contributed by atoms with van der Waals surface area (Å²) in [5, 5.41) is 2.76. The Balaban J connectivity index is 2.76. The average Bonchev–Trinajstić information content (AvgIpc) is 2.03. The van der Waals surface area contributed by atoms with Crippen LogP contribution in [0.4, 0.5) is 0 Å². The third-order valence-corrected chi connectivity index (χ3v) is 2.04. The van der Waals surface area contributed by atoms with E-state index in [1.165, 1.54) is 6.92 Å². The summed E-state index contributed by atoms with van der Waals surface area (Å²) < 4.78 is 0.780. The molecule has 0 bridgehead atoms. The van der Waals surface area contributed by atoms with E-state index in [4.69, 9.17) is 0 Å². The molecule has 1 atom stereocenters. The summed E-state index contributed by atoms with van der Waals surface area (Å²) >= 11 is 3.27. The molecular weight excluding hydrogens is 232 g/mol. The van der Waals surface area contributed by atoms with Gasteiger partial charge in [0, 0.05) is 6.92 Å². The van der Waals surface area contributed by atoms with E-state index in [0.29, 0.717) is 0 Å². The van der Waals surface area contributed by atoms with E-state index in [2.05, 4.69) is 26.2 Å². The van der Waals surface area contributed by atoms with Crippen LogP contribution < -0.4 is 5.32 Å². The first-order valence-electron chi connectivity index (χ1n) is 3.99. The Morgan fingerprint density at radius 2 is 2.31 bits per heavy atom. The van der Waals surface area contributed by atoms with Crippen LogP contribution in [0.15, 0.2) is 22.8 Å². The Morgan fingerprint density at radius 1 is 1.62 bits per heavy atom. The molecule has 13 heavy (non-hydrogen) atoms. The molecular formula is C9H11BrN2O. The van der Waals surface area contributed by atoms with Crippen molar-refractivity contribution in [2.75, 3.05) is 0 Å². The molecule has 4 heteroatoms. The maximum Gasteiger partial charge on any atom is 0.217 e. The fourth-order valence-electron chi connectivity index (χ4n) is 1.04. The van der Waals surface area contributed by atoms with Crippen LogP contribution in [0.25, 0.3) is 0 Å². The first-order chi connectivity index (χ1) is 6.09. The van der Waals surface area contributed by atoms with Crippen LogP contribution in [0, 0.1) is 0 Å². The normalized spacial score (nSPS) is 12.2. The number of hydrogen-bond donors (Lipinski definition) is 1. The number of carbonyl (C=O) groups is 1. The van der Waals surface area contributed by atoms with Crippen LogP contribution in [-0.2, 0) is 4.79 Å². The van der Waals surface area contributed by atoms with Crippen molar-refractivity contribution in [2.45, 2.75) is 19.9 Å². The lowest BCUT2D eigenvalue weighted by Crippen LogP contribution is -2.24. The number of carbonyl (C=O) groups excluding carboxylic acids is 1. The molecule has 1 N–H and O–H groups in total. The molecule has 1 unspecified atom stereocenters. The number of nitrogens with zero attached hydrogens (tertiary/aromatic N) is 1. The van der Waals surface area contributed by atoms with Crippen LogP contribution in [0.5, 0.6) is 0 Å². The number of nitrogens with one attached hydrogen (secondary N) is 1. The Kier molecular flexibility index (Phi) is 3.42. The minimum Gasteiger partial charge on any atom is -0.348 e. The summed E-state index contributed by atoms with van der Waals surface area (Å²) in [4.78, 5) is 15.0. The van der Waals surface area contributed by atoms with Gasteiger partial charge in [-0.2, -0.15) is 0 Å². The predicted molar refractivity (Wildman–Crippen MR) is 54.2 cm³/mol. The van der Waals surface area contributed by atoms with Gasteiger partial charge in [-0.3, -0.25) is 4.79 Å². The number of halogens is 1. The highest BCUT2D eigenvalue weighted by Gasteiger charge is 2.07. The summed E-state index contributed by atoms with van der Waals surface area (Å²) in [6.45, 7) is 3.39. The van der Waals surface area contributed by atoms with Gasteiger partial charge < -0.3 is 5.32 Å². The summed E-state index contributed by atoms with van der Waals surface area (Å²) in [7, 11) is 0. The van der Waals surface area contributed by atoms with Gasteiger partial charge in [-0.25, -0.2) is 4.98 Å². The van der Waals surface area contributed by atoms with E-state index in [9.17, 15) is 4.79 Å². The summed E-state index contributed by atoms with van der Waals surface area (Å²) in [5.74, 6) is -0.0470. The van der Waals surface area contributed by atoms with Gasteiger partial charge in [-0.15, -0.1) is 0 Å². The van der Waals surface area contributed by atoms with E-state index in [-0.39, 0.29) is 11.9 Å². The second-order valence-electron chi connectivity index (χ2n) is 2.81. The third kappa shape index (κ3) is 3.14. The second-order valence-corrected chi connectivity index (χ2v) is 3.62. The summed E-state index contributed by atoms with van der Waals surface area (Å²) in [5.41, 5.74) is 0.851. The molecule has 1 aromatic heterocycles. The Bertz CT molecular complexity index is 314. The Morgan fingerprint density at radius 3 is 2.85 bits per heavy atom. The molecule has 0 aliphatic rings. The van der Waals surface area contributed by atoms with Gasteiger partial charge in [0.2, 0.25) is 5.91 Å². The minimum atomic E-state index is -0.0470. The first kappa shape index (κ1) is 10.2. The molecule has 0 spiro atoms. The van der Waals surface area contributed by atoms with Crippen LogP contribution in [-0.4, -0.2) is 10.9 Å². The molecule has 0 saturated heterocycles. The van der Waals surface area contributed by atoms with Gasteiger partial charge >= 0.3 is 0 Å². The SMILES string of the molecule is CC(=O)NC(C)c1cccc(Br)n1. The Labute approximate surface area is 85.7 Å². The van der Waals surface area contributed by atoms with Crippen molar-refractivity contribution >= 4 is 21.8 Å². The number of aromatic nitrogens is 1. The zero-order valence-corrected chi connectivity index (χ0v) is 9.13. The molecule has 3 nitrogen and oxygen atoms in total. The van der Waals surface area contributed by atoms with Crippen LogP contribution in [0.2, 0.25) is 0 Å². The average molecular weight is 243 g/mol. The third-order valence-electron chi connectivity index (χ3n) is 1.60. The molecule has 0 fully saturated rings. The summed E-state index contributed by atoms with van der Waals surface area (Å²) in [6, 6.07) is 5.58. The first-order valence-corrected chi connectivity index (χ1v) is 4.78. The molecule has 0 aliphatic carbocycles. The molecule has 1 rings (SSSR count). The van der Waals surface area contributed by atoms with Gasteiger partial charge in [0.25, 0.3) is 0 Å². The minimum absolute atomic E-state index is 0.0463. The lowest BCUT2D eigenvalue weighted by Gasteiger charge is -2.11. The van der Waals surface area contributed by atoms with Crippen molar-refractivity contribution in [1.82, 2.24) is 10.3 Å².